The first-order chi connectivity index (χ1) is 6.84. The highest BCUT2D eigenvalue weighted by Crippen LogP contribution is 2.30. The van der Waals surface area contributed by atoms with E-state index >= 15 is 0 Å². The number of nitrogens with zero attached hydrogens (tertiary/aromatic N) is 1. The molecule has 0 atom stereocenters. The number of hydrogen-bond acceptors (Lipinski definition) is 3. The molecule has 0 aromatic carbocycles. The number of carbonyl (C=O) groups is 2. The Morgan fingerprint density at radius 2 is 1.93 bits per heavy atom. The molecule has 1 amide bonds. The monoisotopic (exact) mass is 211 g/mol. The molecule has 1 aliphatic rings. The smallest absolute Gasteiger partial charge is 0.261 e. The molecular weight excluding hydrogens is 194 g/mol. The van der Waals surface area contributed by atoms with Crippen LogP contribution < -0.4 is 0 Å². The lowest BCUT2D eigenvalue weighted by Crippen LogP contribution is -2.41. The zero-order chi connectivity index (χ0) is 11.8. The van der Waals surface area contributed by atoms with Crippen molar-refractivity contribution in [3.8, 4) is 0 Å². The van der Waals surface area contributed by atoms with Crippen LogP contribution in [-0.4, -0.2) is 35.8 Å². The van der Waals surface area contributed by atoms with E-state index in [1.54, 1.807) is 27.8 Å². The molecule has 1 aliphatic heterocycles. The number of carbonyl (C=O) groups excluding carboxylic acids is 2. The average molecular weight is 211 g/mol. The summed E-state index contributed by atoms with van der Waals surface area (Å²) in [5, 5.41) is 0. The van der Waals surface area contributed by atoms with Crippen molar-refractivity contribution in [1.29, 1.82) is 0 Å². The number of hydrogen-bond donors (Lipinski definition) is 0. The topological polar surface area (TPSA) is 46.6 Å². The number of ketones is 1. The van der Waals surface area contributed by atoms with Gasteiger partial charge in [0.15, 0.2) is 5.78 Å². The first-order valence-corrected chi connectivity index (χ1v) is 5.00. The molecule has 1 saturated heterocycles. The number of Topliss-reactive ketones (excluding diaryl/α,β-unsaturated/α-hetero) is 1. The van der Waals surface area contributed by atoms with Gasteiger partial charge in [0.05, 0.1) is 6.61 Å². The van der Waals surface area contributed by atoms with Gasteiger partial charge in [-0.15, -0.1) is 0 Å². The minimum Gasteiger partial charge on any atom is -0.498 e. The van der Waals surface area contributed by atoms with Crippen molar-refractivity contribution in [3.05, 3.63) is 11.3 Å². The van der Waals surface area contributed by atoms with E-state index in [1.165, 1.54) is 4.90 Å². The normalized spacial score (nSPS) is 23.4. The third-order valence-electron chi connectivity index (χ3n) is 2.85. The lowest BCUT2D eigenvalue weighted by molar-refractivity contribution is -0.128. The molecule has 0 aromatic heterocycles. The summed E-state index contributed by atoms with van der Waals surface area (Å²) in [6.07, 6.45) is 0. The molecule has 0 saturated carbocycles. The van der Waals surface area contributed by atoms with Crippen LogP contribution in [0.2, 0.25) is 0 Å². The van der Waals surface area contributed by atoms with Crippen molar-refractivity contribution in [1.82, 2.24) is 4.90 Å². The molecule has 1 fully saturated rings. The Bertz CT molecular complexity index is 342. The fourth-order valence-corrected chi connectivity index (χ4v) is 1.58. The van der Waals surface area contributed by atoms with E-state index < -0.39 is 5.54 Å². The highest BCUT2D eigenvalue weighted by molar-refractivity contribution is 6.28. The molecule has 1 rings (SSSR count). The molecule has 0 bridgehead atoms. The molecule has 84 valence electrons. The van der Waals surface area contributed by atoms with Crippen LogP contribution in [0.25, 0.3) is 0 Å². The fourth-order valence-electron chi connectivity index (χ4n) is 1.58. The third-order valence-corrected chi connectivity index (χ3v) is 2.85. The molecule has 0 unspecified atom stereocenters. The van der Waals surface area contributed by atoms with Gasteiger partial charge in [0.1, 0.15) is 16.9 Å². The van der Waals surface area contributed by atoms with Gasteiger partial charge in [-0.25, -0.2) is 0 Å². The minimum absolute atomic E-state index is 0.166. The summed E-state index contributed by atoms with van der Waals surface area (Å²) in [5.41, 5.74) is -0.575. The quantitative estimate of drug-likeness (QED) is 0.390. The zero-order valence-electron chi connectivity index (χ0n) is 9.88. The van der Waals surface area contributed by atoms with E-state index in [4.69, 9.17) is 4.74 Å². The van der Waals surface area contributed by atoms with Gasteiger partial charge in [0.2, 0.25) is 0 Å². The Labute approximate surface area is 89.9 Å². The van der Waals surface area contributed by atoms with Crippen LogP contribution >= 0.6 is 0 Å². The molecule has 15 heavy (non-hydrogen) atoms. The third kappa shape index (κ3) is 1.64. The summed E-state index contributed by atoms with van der Waals surface area (Å²) < 4.78 is 5.22. The average Bonchev–Trinajstić information content (AvgIpc) is 2.29. The van der Waals surface area contributed by atoms with Crippen molar-refractivity contribution < 1.29 is 14.3 Å². The summed E-state index contributed by atoms with van der Waals surface area (Å²) in [4.78, 5) is 25.2. The van der Waals surface area contributed by atoms with Crippen LogP contribution in [0.3, 0.4) is 0 Å². The number of likely N-dealkylation sites (tertiary alicyclic amines) is 1. The van der Waals surface area contributed by atoms with Crippen molar-refractivity contribution in [2.75, 3.05) is 13.7 Å². The number of rotatable bonds is 2. The lowest BCUT2D eigenvalue weighted by Gasteiger charge is -2.24. The molecule has 0 radical (unpaired) electrons. The Morgan fingerprint density at radius 1 is 1.40 bits per heavy atom. The second kappa shape index (κ2) is 3.68. The van der Waals surface area contributed by atoms with E-state index in [0.717, 1.165) is 0 Å². The van der Waals surface area contributed by atoms with Crippen LogP contribution in [0.5, 0.6) is 0 Å². The van der Waals surface area contributed by atoms with Crippen molar-refractivity contribution in [3.63, 3.8) is 0 Å². The molecule has 0 N–H and O–H groups in total. The number of ether oxygens (including phenoxy) is 1. The molecule has 0 aromatic rings. The zero-order valence-corrected chi connectivity index (χ0v) is 9.88. The minimum atomic E-state index is -0.759. The van der Waals surface area contributed by atoms with Crippen LogP contribution in [0.1, 0.15) is 27.7 Å². The molecule has 1 heterocycles. The van der Waals surface area contributed by atoms with Gasteiger partial charge in [-0.1, -0.05) is 0 Å². The van der Waals surface area contributed by atoms with Gasteiger partial charge >= 0.3 is 0 Å². The summed E-state index contributed by atoms with van der Waals surface area (Å²) >= 11 is 0. The van der Waals surface area contributed by atoms with Crippen LogP contribution in [0.4, 0.5) is 0 Å². The predicted molar refractivity (Wildman–Crippen MR) is 56.2 cm³/mol. The Balaban J connectivity index is 3.19. The van der Waals surface area contributed by atoms with Gasteiger partial charge in [-0.3, -0.25) is 9.59 Å². The maximum absolute atomic E-state index is 12.0. The maximum atomic E-state index is 12.0. The first kappa shape index (κ1) is 11.8. The molecule has 0 aliphatic carbocycles. The standard InChI is InChI=1S/C11H17NO3/c1-6-15-7(2)8-9(13)11(3,4)12(5)10(8)14/h6H2,1-5H3/b8-7+. The van der Waals surface area contributed by atoms with Crippen molar-refractivity contribution >= 4 is 11.7 Å². The fraction of sp³-hybridized carbons (Fsp3) is 0.636. The predicted octanol–water partition coefficient (Wildman–Crippen LogP) is 1.12. The maximum Gasteiger partial charge on any atom is 0.261 e. The summed E-state index contributed by atoms with van der Waals surface area (Å²) in [6.45, 7) is 7.41. The van der Waals surface area contributed by atoms with E-state index in [1.807, 2.05) is 6.92 Å². The molecule has 4 nitrogen and oxygen atoms in total. The van der Waals surface area contributed by atoms with Gasteiger partial charge in [0.25, 0.3) is 5.91 Å². The molecular formula is C11H17NO3. The summed E-state index contributed by atoms with van der Waals surface area (Å²) in [6, 6.07) is 0. The molecule has 0 spiro atoms. The second-order valence-electron chi connectivity index (χ2n) is 4.12. The lowest BCUT2D eigenvalue weighted by atomic mass is 9.98. The second-order valence-corrected chi connectivity index (χ2v) is 4.12. The highest BCUT2D eigenvalue weighted by atomic mass is 16.5. The van der Waals surface area contributed by atoms with Crippen molar-refractivity contribution in [2.24, 2.45) is 0 Å². The van der Waals surface area contributed by atoms with Gasteiger partial charge < -0.3 is 9.64 Å². The SMILES string of the molecule is CCO/C(C)=C1/C(=O)N(C)C(C)(C)C1=O. The van der Waals surface area contributed by atoms with Crippen LogP contribution in [0.15, 0.2) is 11.3 Å². The van der Waals surface area contributed by atoms with Crippen LogP contribution in [-0.2, 0) is 14.3 Å². The largest absolute Gasteiger partial charge is 0.498 e. The number of likely N-dealkylation sites (N-methyl/N-ethyl adjacent to an activating group) is 1. The Morgan fingerprint density at radius 3 is 2.27 bits per heavy atom. The Hall–Kier alpha value is -1.32. The van der Waals surface area contributed by atoms with E-state index in [2.05, 4.69) is 0 Å². The Kier molecular flexibility index (Phi) is 2.88. The number of amides is 1. The highest BCUT2D eigenvalue weighted by Gasteiger charge is 2.48. The van der Waals surface area contributed by atoms with Gasteiger partial charge in [0, 0.05) is 7.05 Å². The van der Waals surface area contributed by atoms with Gasteiger partial charge in [-0.05, 0) is 27.7 Å². The van der Waals surface area contributed by atoms with E-state index in [-0.39, 0.29) is 17.3 Å². The van der Waals surface area contributed by atoms with E-state index in [9.17, 15) is 9.59 Å². The van der Waals surface area contributed by atoms with Crippen LogP contribution in [0, 0.1) is 0 Å². The summed E-state index contributed by atoms with van der Waals surface area (Å²) in [7, 11) is 1.63. The number of allylic oxidation sites excluding steroid dienone is 1. The van der Waals surface area contributed by atoms with Gasteiger partial charge in [-0.2, -0.15) is 0 Å². The van der Waals surface area contributed by atoms with Crippen molar-refractivity contribution in [2.45, 2.75) is 33.2 Å². The summed E-state index contributed by atoms with van der Waals surface area (Å²) in [5.74, 6) is 0.00169. The first-order valence-electron chi connectivity index (χ1n) is 5.00. The molecule has 4 heteroatoms. The van der Waals surface area contributed by atoms with E-state index in [0.29, 0.717) is 12.4 Å².